The molecule has 1 aliphatic carbocycles. The number of thiophene rings is 1. The second-order valence-corrected chi connectivity index (χ2v) is 6.55. The zero-order valence-corrected chi connectivity index (χ0v) is 15.9. The second-order valence-electron chi connectivity index (χ2n) is 5.61. The Morgan fingerprint density at radius 2 is 2.24 bits per heavy atom. The zero-order valence-electron chi connectivity index (χ0n) is 12.8. The SMILES string of the molecule is CCNC(=NCC(C)(O)c1cccs1)NCCC1CC1.I. The van der Waals surface area contributed by atoms with Crippen molar-refractivity contribution in [3.05, 3.63) is 22.4 Å². The lowest BCUT2D eigenvalue weighted by molar-refractivity contribution is 0.0711. The molecule has 2 rings (SSSR count). The number of nitrogens with zero attached hydrogens (tertiary/aromatic N) is 1. The van der Waals surface area contributed by atoms with Gasteiger partial charge in [-0.15, -0.1) is 35.3 Å². The summed E-state index contributed by atoms with van der Waals surface area (Å²) in [6.07, 6.45) is 3.97. The summed E-state index contributed by atoms with van der Waals surface area (Å²) in [6, 6.07) is 3.91. The van der Waals surface area contributed by atoms with Crippen LogP contribution in [0.2, 0.25) is 0 Å². The first-order valence-electron chi connectivity index (χ1n) is 7.40. The summed E-state index contributed by atoms with van der Waals surface area (Å²) < 4.78 is 0. The van der Waals surface area contributed by atoms with Gasteiger partial charge in [0.1, 0.15) is 5.60 Å². The highest BCUT2D eigenvalue weighted by molar-refractivity contribution is 14.0. The van der Waals surface area contributed by atoms with Crippen molar-refractivity contribution in [2.75, 3.05) is 19.6 Å². The fraction of sp³-hybridized carbons (Fsp3) is 0.667. The van der Waals surface area contributed by atoms with E-state index >= 15 is 0 Å². The van der Waals surface area contributed by atoms with Crippen LogP contribution in [0.3, 0.4) is 0 Å². The number of hydrogen-bond acceptors (Lipinski definition) is 3. The van der Waals surface area contributed by atoms with Gasteiger partial charge < -0.3 is 15.7 Å². The Hall–Kier alpha value is -0.340. The predicted molar refractivity (Wildman–Crippen MR) is 101 cm³/mol. The van der Waals surface area contributed by atoms with Gasteiger partial charge in [0.05, 0.1) is 6.54 Å². The van der Waals surface area contributed by atoms with Crippen LogP contribution in [0.5, 0.6) is 0 Å². The van der Waals surface area contributed by atoms with E-state index in [1.165, 1.54) is 19.3 Å². The van der Waals surface area contributed by atoms with Crippen molar-refractivity contribution in [2.45, 2.75) is 38.7 Å². The molecule has 1 atom stereocenters. The van der Waals surface area contributed by atoms with Crippen LogP contribution >= 0.6 is 35.3 Å². The minimum Gasteiger partial charge on any atom is -0.383 e. The number of nitrogens with one attached hydrogen (secondary N) is 2. The lowest BCUT2D eigenvalue weighted by Gasteiger charge is -2.20. The molecule has 120 valence electrons. The normalized spacial score (nSPS) is 17.8. The fourth-order valence-electron chi connectivity index (χ4n) is 2.04. The Morgan fingerprint density at radius 3 is 2.81 bits per heavy atom. The van der Waals surface area contributed by atoms with Gasteiger partial charge in [0.2, 0.25) is 0 Å². The van der Waals surface area contributed by atoms with Gasteiger partial charge >= 0.3 is 0 Å². The first-order chi connectivity index (χ1) is 9.62. The highest BCUT2D eigenvalue weighted by Crippen LogP contribution is 2.31. The topological polar surface area (TPSA) is 56.7 Å². The molecule has 0 aromatic carbocycles. The van der Waals surface area contributed by atoms with Crippen LogP contribution in [0.4, 0.5) is 0 Å². The molecule has 6 heteroatoms. The molecule has 1 saturated carbocycles. The Morgan fingerprint density at radius 1 is 1.48 bits per heavy atom. The second kappa shape index (κ2) is 8.95. The number of halogens is 1. The smallest absolute Gasteiger partial charge is 0.191 e. The zero-order chi connectivity index (χ0) is 14.4. The molecule has 1 aliphatic rings. The molecule has 1 aromatic rings. The quantitative estimate of drug-likeness (QED) is 0.359. The predicted octanol–water partition coefficient (Wildman–Crippen LogP) is 2.93. The Balaban J connectivity index is 0.00000220. The van der Waals surface area contributed by atoms with Crippen molar-refractivity contribution in [1.82, 2.24) is 10.6 Å². The summed E-state index contributed by atoms with van der Waals surface area (Å²) >= 11 is 1.56. The van der Waals surface area contributed by atoms with E-state index in [0.29, 0.717) is 6.54 Å². The van der Waals surface area contributed by atoms with Gasteiger partial charge in [-0.2, -0.15) is 0 Å². The summed E-state index contributed by atoms with van der Waals surface area (Å²) in [5.41, 5.74) is -0.896. The molecule has 1 unspecified atom stereocenters. The molecule has 0 amide bonds. The molecular weight excluding hydrogens is 397 g/mol. The maximum absolute atomic E-state index is 10.5. The van der Waals surface area contributed by atoms with Crippen LogP contribution < -0.4 is 10.6 Å². The third-order valence-electron chi connectivity index (χ3n) is 3.48. The first kappa shape index (κ1) is 18.7. The van der Waals surface area contributed by atoms with Crippen molar-refractivity contribution in [1.29, 1.82) is 0 Å². The molecule has 3 N–H and O–H groups in total. The summed E-state index contributed by atoms with van der Waals surface area (Å²) in [7, 11) is 0. The lowest BCUT2D eigenvalue weighted by Crippen LogP contribution is -2.39. The average molecular weight is 423 g/mol. The van der Waals surface area contributed by atoms with Crippen LogP contribution in [-0.2, 0) is 5.60 Å². The van der Waals surface area contributed by atoms with E-state index in [4.69, 9.17) is 0 Å². The van der Waals surface area contributed by atoms with E-state index in [2.05, 4.69) is 22.5 Å². The highest BCUT2D eigenvalue weighted by atomic mass is 127. The van der Waals surface area contributed by atoms with E-state index in [9.17, 15) is 5.11 Å². The largest absolute Gasteiger partial charge is 0.383 e. The number of aliphatic imine (C=N–C) groups is 1. The third-order valence-corrected chi connectivity index (χ3v) is 4.61. The monoisotopic (exact) mass is 423 g/mol. The number of guanidine groups is 1. The van der Waals surface area contributed by atoms with Gasteiger partial charge in [-0.25, -0.2) is 4.99 Å². The van der Waals surface area contributed by atoms with Crippen molar-refractivity contribution >= 4 is 41.3 Å². The van der Waals surface area contributed by atoms with E-state index in [1.54, 1.807) is 11.3 Å². The number of aliphatic hydroxyl groups is 1. The van der Waals surface area contributed by atoms with Crippen molar-refractivity contribution in [3.8, 4) is 0 Å². The van der Waals surface area contributed by atoms with Gasteiger partial charge in [-0.3, -0.25) is 0 Å². The molecule has 0 spiro atoms. The summed E-state index contributed by atoms with van der Waals surface area (Å²) in [4.78, 5) is 5.46. The van der Waals surface area contributed by atoms with Gasteiger partial charge in [-0.1, -0.05) is 18.9 Å². The third kappa shape index (κ3) is 6.52. The van der Waals surface area contributed by atoms with Gasteiger partial charge in [-0.05, 0) is 37.6 Å². The minimum absolute atomic E-state index is 0. The Bertz CT molecular complexity index is 430. The molecule has 1 aromatic heterocycles. The molecule has 0 saturated heterocycles. The molecule has 4 nitrogen and oxygen atoms in total. The first-order valence-corrected chi connectivity index (χ1v) is 8.28. The Labute approximate surface area is 148 Å². The van der Waals surface area contributed by atoms with Crippen LogP contribution in [0.1, 0.15) is 38.0 Å². The molecule has 0 radical (unpaired) electrons. The molecular formula is C15H26IN3OS. The minimum atomic E-state index is -0.896. The van der Waals surface area contributed by atoms with E-state index in [0.717, 1.165) is 29.8 Å². The lowest BCUT2D eigenvalue weighted by atomic mass is 10.1. The number of hydrogen-bond donors (Lipinski definition) is 3. The van der Waals surface area contributed by atoms with E-state index in [-0.39, 0.29) is 24.0 Å². The molecule has 0 aliphatic heterocycles. The highest BCUT2D eigenvalue weighted by Gasteiger charge is 2.24. The number of rotatable bonds is 7. The van der Waals surface area contributed by atoms with Crippen LogP contribution in [0.25, 0.3) is 0 Å². The van der Waals surface area contributed by atoms with Gasteiger partial charge in [0, 0.05) is 18.0 Å². The van der Waals surface area contributed by atoms with Crippen molar-refractivity contribution in [3.63, 3.8) is 0 Å². The van der Waals surface area contributed by atoms with Crippen molar-refractivity contribution < 1.29 is 5.11 Å². The average Bonchev–Trinajstić information content (AvgIpc) is 3.06. The molecule has 1 fully saturated rings. The van der Waals surface area contributed by atoms with Gasteiger partial charge in [0.15, 0.2) is 5.96 Å². The summed E-state index contributed by atoms with van der Waals surface area (Å²) in [5, 5.41) is 19.0. The maximum atomic E-state index is 10.5. The summed E-state index contributed by atoms with van der Waals surface area (Å²) in [5.74, 6) is 1.71. The van der Waals surface area contributed by atoms with E-state index in [1.807, 2.05) is 24.4 Å². The Kier molecular flexibility index (Phi) is 7.97. The van der Waals surface area contributed by atoms with Crippen LogP contribution in [-0.4, -0.2) is 30.7 Å². The van der Waals surface area contributed by atoms with Crippen LogP contribution in [0.15, 0.2) is 22.5 Å². The van der Waals surface area contributed by atoms with E-state index < -0.39 is 5.60 Å². The maximum Gasteiger partial charge on any atom is 0.191 e. The molecule has 0 bridgehead atoms. The van der Waals surface area contributed by atoms with Gasteiger partial charge in [0.25, 0.3) is 0 Å². The molecule has 1 heterocycles. The van der Waals surface area contributed by atoms with Crippen molar-refractivity contribution in [2.24, 2.45) is 10.9 Å². The summed E-state index contributed by atoms with van der Waals surface area (Å²) in [6.45, 7) is 6.02. The molecule has 21 heavy (non-hydrogen) atoms. The standard InChI is InChI=1S/C15H25N3OS.HI/c1-3-16-14(17-9-8-12-6-7-12)18-11-15(2,19)13-5-4-10-20-13;/h4-5,10,12,19H,3,6-9,11H2,1-2H3,(H2,16,17,18);1H. The fourth-order valence-corrected chi connectivity index (χ4v) is 2.82. The van der Waals surface area contributed by atoms with Crippen LogP contribution in [0, 0.1) is 5.92 Å².